The van der Waals surface area contributed by atoms with Gasteiger partial charge < -0.3 is 19.7 Å². The van der Waals surface area contributed by atoms with Crippen LogP contribution >= 0.6 is 0 Å². The van der Waals surface area contributed by atoms with Crippen LogP contribution in [-0.4, -0.2) is 56.2 Å². The lowest BCUT2D eigenvalue weighted by molar-refractivity contribution is -0.138. The number of rotatable bonds is 1. The standard InChI is InChI=1S/C27H40N2O4/c30-25-23-11-5-6-12-24(23)33-21-27(13-7-8-19-32-20-16-28-25)14-17-29(18-15-27)26(31)22-9-3-1-2-4-10-22/h5-6,11-12,22H,1-4,7-10,13-21H2,(H,28,30). The van der Waals surface area contributed by atoms with Crippen LogP contribution in [-0.2, 0) is 9.53 Å². The molecule has 2 fully saturated rings. The predicted molar refractivity (Wildman–Crippen MR) is 128 cm³/mol. The van der Waals surface area contributed by atoms with Crippen LogP contribution in [0.1, 0.15) is 81.0 Å². The smallest absolute Gasteiger partial charge is 0.255 e. The molecular weight excluding hydrogens is 416 g/mol. The maximum atomic E-state index is 13.2. The van der Waals surface area contributed by atoms with E-state index < -0.39 is 0 Å². The highest BCUT2D eigenvalue weighted by Crippen LogP contribution is 2.39. The van der Waals surface area contributed by atoms with E-state index in [4.69, 9.17) is 9.47 Å². The first kappa shape index (κ1) is 24.1. The summed E-state index contributed by atoms with van der Waals surface area (Å²) in [5.74, 6) is 1.13. The van der Waals surface area contributed by atoms with E-state index in [1.54, 1.807) is 0 Å². The van der Waals surface area contributed by atoms with Gasteiger partial charge in [-0.3, -0.25) is 9.59 Å². The fraction of sp³-hybridized carbons (Fsp3) is 0.704. The molecular formula is C27H40N2O4. The molecule has 0 radical (unpaired) electrons. The lowest BCUT2D eigenvalue weighted by Crippen LogP contribution is -2.47. The summed E-state index contributed by atoms with van der Waals surface area (Å²) in [4.78, 5) is 28.0. The molecule has 182 valence electrons. The lowest BCUT2D eigenvalue weighted by atomic mass is 9.75. The molecule has 1 aromatic carbocycles. The number of para-hydroxylation sites is 1. The van der Waals surface area contributed by atoms with Crippen LogP contribution in [0, 0.1) is 11.3 Å². The van der Waals surface area contributed by atoms with E-state index in [1.807, 2.05) is 24.3 Å². The summed E-state index contributed by atoms with van der Waals surface area (Å²) in [6.45, 7) is 3.97. The second kappa shape index (κ2) is 11.9. The van der Waals surface area contributed by atoms with Gasteiger partial charge >= 0.3 is 0 Å². The van der Waals surface area contributed by atoms with Crippen LogP contribution in [0.4, 0.5) is 0 Å². The van der Waals surface area contributed by atoms with Crippen molar-refractivity contribution in [1.82, 2.24) is 10.2 Å². The molecule has 0 aromatic heterocycles. The summed E-state index contributed by atoms with van der Waals surface area (Å²) in [5.41, 5.74) is 0.610. The average molecular weight is 457 g/mol. The fourth-order valence-corrected chi connectivity index (χ4v) is 5.60. The number of benzene rings is 1. The minimum atomic E-state index is -0.121. The summed E-state index contributed by atoms with van der Waals surface area (Å²) >= 11 is 0. The number of fused-ring (bicyclic) bond motifs is 1. The first-order valence-electron chi connectivity index (χ1n) is 13.0. The Morgan fingerprint density at radius 3 is 2.48 bits per heavy atom. The Bertz CT molecular complexity index is 780. The Morgan fingerprint density at radius 2 is 1.70 bits per heavy atom. The normalized spacial score (nSPS) is 23.5. The van der Waals surface area contributed by atoms with Gasteiger partial charge in [-0.1, -0.05) is 44.2 Å². The van der Waals surface area contributed by atoms with Crippen molar-refractivity contribution in [1.29, 1.82) is 0 Å². The topological polar surface area (TPSA) is 67.9 Å². The third kappa shape index (κ3) is 6.50. The van der Waals surface area contributed by atoms with Crippen LogP contribution < -0.4 is 10.1 Å². The number of carbonyl (C=O) groups excluding carboxylic acids is 2. The molecule has 4 rings (SSSR count). The first-order chi connectivity index (χ1) is 16.2. The number of ether oxygens (including phenoxy) is 2. The van der Waals surface area contributed by atoms with E-state index in [0.717, 1.165) is 64.6 Å². The number of likely N-dealkylation sites (tertiary alicyclic amines) is 1. The monoisotopic (exact) mass is 456 g/mol. The summed E-state index contributed by atoms with van der Waals surface area (Å²) in [6.07, 6.45) is 12.1. The number of hydrogen-bond acceptors (Lipinski definition) is 4. The van der Waals surface area contributed by atoms with Crippen molar-refractivity contribution in [3.8, 4) is 5.75 Å². The number of amides is 2. The van der Waals surface area contributed by atoms with E-state index >= 15 is 0 Å². The molecule has 0 atom stereocenters. The molecule has 0 unspecified atom stereocenters. The van der Waals surface area contributed by atoms with Crippen molar-refractivity contribution < 1.29 is 19.1 Å². The third-order valence-electron chi connectivity index (χ3n) is 7.78. The van der Waals surface area contributed by atoms with Crippen LogP contribution in [0.5, 0.6) is 5.75 Å². The van der Waals surface area contributed by atoms with Gasteiger partial charge in [0.25, 0.3) is 5.91 Å². The number of carbonyl (C=O) groups is 2. The predicted octanol–water partition coefficient (Wildman–Crippen LogP) is 4.57. The Balaban J connectivity index is 1.43. The molecule has 3 aliphatic rings. The zero-order valence-corrected chi connectivity index (χ0v) is 20.0. The summed E-state index contributed by atoms with van der Waals surface area (Å²) in [6, 6.07) is 7.49. The molecule has 1 aliphatic carbocycles. The van der Waals surface area contributed by atoms with Crippen LogP contribution in [0.2, 0.25) is 0 Å². The molecule has 6 heteroatoms. The largest absolute Gasteiger partial charge is 0.492 e. The van der Waals surface area contributed by atoms with Crippen LogP contribution in [0.25, 0.3) is 0 Å². The van der Waals surface area contributed by atoms with E-state index in [-0.39, 0.29) is 17.2 Å². The SMILES string of the molecule is O=C1NCCOCCCCC2(CCN(C(=O)C3CCCCCC3)CC2)COc2ccccc21. The number of nitrogens with one attached hydrogen (secondary N) is 1. The maximum Gasteiger partial charge on any atom is 0.255 e. The van der Waals surface area contributed by atoms with Gasteiger partial charge in [-0.2, -0.15) is 0 Å². The average Bonchev–Trinajstić information content (AvgIpc) is 3.14. The molecule has 6 nitrogen and oxygen atoms in total. The highest BCUT2D eigenvalue weighted by Gasteiger charge is 2.38. The molecule has 1 saturated heterocycles. The number of hydrogen-bond donors (Lipinski definition) is 1. The first-order valence-corrected chi connectivity index (χ1v) is 13.0. The highest BCUT2D eigenvalue weighted by molar-refractivity contribution is 5.96. The minimum Gasteiger partial charge on any atom is -0.492 e. The fourth-order valence-electron chi connectivity index (χ4n) is 5.60. The lowest BCUT2D eigenvalue weighted by Gasteiger charge is -2.42. The van der Waals surface area contributed by atoms with E-state index in [9.17, 15) is 9.59 Å². The van der Waals surface area contributed by atoms with Crippen molar-refractivity contribution in [2.24, 2.45) is 11.3 Å². The molecule has 1 N–H and O–H groups in total. The van der Waals surface area contributed by atoms with E-state index in [0.29, 0.717) is 37.0 Å². The van der Waals surface area contributed by atoms with Gasteiger partial charge in [0.05, 0.1) is 18.8 Å². The summed E-state index contributed by atoms with van der Waals surface area (Å²) < 4.78 is 12.0. The van der Waals surface area contributed by atoms with Crippen LogP contribution in [0.3, 0.4) is 0 Å². The zero-order chi connectivity index (χ0) is 22.9. The molecule has 2 amide bonds. The van der Waals surface area contributed by atoms with Gasteiger partial charge in [0.1, 0.15) is 5.75 Å². The van der Waals surface area contributed by atoms with Crippen molar-refractivity contribution in [3.05, 3.63) is 29.8 Å². The molecule has 33 heavy (non-hydrogen) atoms. The van der Waals surface area contributed by atoms with Crippen molar-refractivity contribution >= 4 is 11.8 Å². The Morgan fingerprint density at radius 1 is 0.939 bits per heavy atom. The number of nitrogens with zero attached hydrogens (tertiary/aromatic N) is 1. The van der Waals surface area contributed by atoms with Gasteiger partial charge in [-0.25, -0.2) is 0 Å². The van der Waals surface area contributed by atoms with Crippen molar-refractivity contribution in [2.45, 2.75) is 70.6 Å². The second-order valence-electron chi connectivity index (χ2n) is 10.1. The molecule has 1 saturated carbocycles. The van der Waals surface area contributed by atoms with Crippen LogP contribution in [0.15, 0.2) is 24.3 Å². The van der Waals surface area contributed by atoms with Crippen molar-refractivity contribution in [2.75, 3.05) is 39.5 Å². The second-order valence-corrected chi connectivity index (χ2v) is 10.1. The van der Waals surface area contributed by atoms with Gasteiger partial charge in [-0.15, -0.1) is 0 Å². The summed E-state index contributed by atoms with van der Waals surface area (Å²) in [7, 11) is 0. The van der Waals surface area contributed by atoms with Gasteiger partial charge in [0.2, 0.25) is 5.91 Å². The minimum absolute atomic E-state index is 0.0357. The Labute approximate surface area is 198 Å². The van der Waals surface area contributed by atoms with Gasteiger partial charge in [0, 0.05) is 37.6 Å². The number of piperidine rings is 1. The summed E-state index contributed by atoms with van der Waals surface area (Å²) in [5, 5.41) is 2.93. The van der Waals surface area contributed by atoms with Gasteiger partial charge in [-0.05, 0) is 50.7 Å². The Kier molecular flexibility index (Phi) is 8.65. The molecule has 0 bridgehead atoms. The van der Waals surface area contributed by atoms with E-state index in [1.165, 1.54) is 25.7 Å². The Hall–Kier alpha value is -2.08. The van der Waals surface area contributed by atoms with Crippen molar-refractivity contribution in [3.63, 3.8) is 0 Å². The van der Waals surface area contributed by atoms with E-state index in [2.05, 4.69) is 10.2 Å². The maximum absolute atomic E-state index is 13.2. The molecule has 2 aliphatic heterocycles. The third-order valence-corrected chi connectivity index (χ3v) is 7.78. The zero-order valence-electron chi connectivity index (χ0n) is 20.0. The molecule has 1 spiro atoms. The molecule has 1 aromatic rings. The highest BCUT2D eigenvalue weighted by atomic mass is 16.5. The van der Waals surface area contributed by atoms with Gasteiger partial charge in [0.15, 0.2) is 0 Å². The molecule has 2 heterocycles. The quantitative estimate of drug-likeness (QED) is 0.629.